The molecule has 1 saturated heterocycles. The average molecular weight is 314 g/mol. The van der Waals surface area contributed by atoms with Gasteiger partial charge in [-0.1, -0.05) is 17.8 Å². The quantitative estimate of drug-likeness (QED) is 0.847. The van der Waals surface area contributed by atoms with Gasteiger partial charge in [-0.2, -0.15) is 0 Å². The van der Waals surface area contributed by atoms with Gasteiger partial charge in [0.05, 0.1) is 17.5 Å². The van der Waals surface area contributed by atoms with E-state index in [1.807, 2.05) is 18.4 Å². The maximum absolute atomic E-state index is 11.5. The van der Waals surface area contributed by atoms with Gasteiger partial charge in [0.1, 0.15) is 0 Å². The summed E-state index contributed by atoms with van der Waals surface area (Å²) in [7, 11) is -2.87. The molecule has 0 bridgehead atoms. The van der Waals surface area contributed by atoms with Gasteiger partial charge in [0.25, 0.3) is 0 Å². The number of aliphatic imine (C=N–C) groups is 1. The Labute approximate surface area is 121 Å². The van der Waals surface area contributed by atoms with E-state index in [2.05, 4.69) is 22.4 Å². The van der Waals surface area contributed by atoms with Gasteiger partial charge >= 0.3 is 0 Å². The summed E-state index contributed by atoms with van der Waals surface area (Å²) >= 11 is 3.24. The van der Waals surface area contributed by atoms with Crippen molar-refractivity contribution in [3.63, 3.8) is 0 Å². The molecule has 7 heteroatoms. The lowest BCUT2D eigenvalue weighted by Crippen LogP contribution is -2.13. The molecule has 19 heavy (non-hydrogen) atoms. The topological polar surface area (TPSA) is 58.5 Å². The van der Waals surface area contributed by atoms with Gasteiger partial charge in [0.15, 0.2) is 15.0 Å². The fourth-order valence-electron chi connectivity index (χ4n) is 2.24. The zero-order valence-electron chi connectivity index (χ0n) is 10.4. The lowest BCUT2D eigenvalue weighted by Gasteiger charge is -2.07. The third-order valence-corrected chi connectivity index (χ3v) is 7.01. The SMILES string of the molecule is CSc1cccc(NC2=NC3CS(=O)(=O)CC3S2)c1. The van der Waals surface area contributed by atoms with Crippen LogP contribution in [0, 0.1) is 0 Å². The van der Waals surface area contributed by atoms with Crippen LogP contribution in [0.2, 0.25) is 0 Å². The molecule has 3 rings (SSSR count). The molecule has 2 unspecified atom stereocenters. The Kier molecular flexibility index (Phi) is 3.53. The van der Waals surface area contributed by atoms with Crippen LogP contribution in [0.15, 0.2) is 34.2 Å². The fourth-order valence-corrected chi connectivity index (χ4v) is 6.38. The van der Waals surface area contributed by atoms with E-state index in [-0.39, 0.29) is 22.8 Å². The van der Waals surface area contributed by atoms with E-state index in [4.69, 9.17) is 0 Å². The van der Waals surface area contributed by atoms with Crippen LogP contribution < -0.4 is 5.32 Å². The van der Waals surface area contributed by atoms with Crippen LogP contribution in [-0.4, -0.2) is 42.6 Å². The molecular formula is C12H14N2O2S3. The number of hydrogen-bond donors (Lipinski definition) is 1. The minimum absolute atomic E-state index is 0.0683. The third kappa shape index (κ3) is 2.93. The number of amidine groups is 1. The number of thioether (sulfide) groups is 2. The molecule has 2 aliphatic heterocycles. The Morgan fingerprint density at radius 1 is 1.42 bits per heavy atom. The minimum atomic E-state index is -2.87. The Bertz CT molecular complexity index is 628. The van der Waals surface area contributed by atoms with Crippen molar-refractivity contribution in [1.29, 1.82) is 0 Å². The first-order valence-electron chi connectivity index (χ1n) is 5.92. The summed E-state index contributed by atoms with van der Waals surface area (Å²) in [5, 5.41) is 4.21. The number of nitrogens with zero attached hydrogens (tertiary/aromatic N) is 1. The average Bonchev–Trinajstić information content (AvgIpc) is 2.82. The van der Waals surface area contributed by atoms with Gasteiger partial charge in [0.2, 0.25) is 0 Å². The molecule has 0 aliphatic carbocycles. The van der Waals surface area contributed by atoms with E-state index in [0.29, 0.717) is 0 Å². The Hall–Kier alpha value is -0.660. The van der Waals surface area contributed by atoms with E-state index in [9.17, 15) is 8.42 Å². The van der Waals surface area contributed by atoms with Crippen LogP contribution in [0.3, 0.4) is 0 Å². The van der Waals surface area contributed by atoms with Crippen molar-refractivity contribution >= 4 is 44.2 Å². The molecule has 0 amide bonds. The number of nitrogens with one attached hydrogen (secondary N) is 1. The largest absolute Gasteiger partial charge is 0.335 e. The third-order valence-electron chi connectivity index (χ3n) is 3.14. The van der Waals surface area contributed by atoms with Crippen molar-refractivity contribution in [3.05, 3.63) is 24.3 Å². The molecule has 2 aliphatic rings. The second-order valence-electron chi connectivity index (χ2n) is 4.59. The zero-order valence-corrected chi connectivity index (χ0v) is 12.8. The van der Waals surface area contributed by atoms with Crippen LogP contribution >= 0.6 is 23.5 Å². The minimum Gasteiger partial charge on any atom is -0.335 e. The molecule has 0 radical (unpaired) electrons. The molecule has 1 N–H and O–H groups in total. The summed E-state index contributed by atoms with van der Waals surface area (Å²) in [5.41, 5.74) is 1.00. The molecular weight excluding hydrogens is 300 g/mol. The standard InChI is InChI=1S/C12H14N2O2S3/c1-17-9-4-2-3-8(5-9)13-12-14-10-6-19(15,16)7-11(10)18-12/h2-5,10-11H,6-7H2,1H3,(H,13,14). The van der Waals surface area contributed by atoms with Crippen molar-refractivity contribution < 1.29 is 8.42 Å². The van der Waals surface area contributed by atoms with Crippen LogP contribution in [0.1, 0.15) is 0 Å². The Morgan fingerprint density at radius 2 is 2.26 bits per heavy atom. The number of sulfone groups is 1. The maximum atomic E-state index is 11.5. The van der Waals surface area contributed by atoms with Crippen molar-refractivity contribution in [2.45, 2.75) is 16.2 Å². The van der Waals surface area contributed by atoms with E-state index in [1.54, 1.807) is 23.5 Å². The van der Waals surface area contributed by atoms with E-state index < -0.39 is 9.84 Å². The molecule has 0 saturated carbocycles. The lowest BCUT2D eigenvalue weighted by molar-refractivity contribution is 0.601. The molecule has 1 aromatic rings. The zero-order chi connectivity index (χ0) is 13.5. The van der Waals surface area contributed by atoms with Crippen LogP contribution in [0.25, 0.3) is 0 Å². The first kappa shape index (κ1) is 13.3. The second-order valence-corrected chi connectivity index (χ2v) is 8.85. The Balaban J connectivity index is 1.72. The molecule has 0 spiro atoms. The summed E-state index contributed by atoms with van der Waals surface area (Å²) in [6.45, 7) is 0. The van der Waals surface area contributed by atoms with Crippen molar-refractivity contribution in [2.24, 2.45) is 4.99 Å². The summed E-state index contributed by atoms with van der Waals surface area (Å²) in [4.78, 5) is 5.67. The second kappa shape index (κ2) is 5.03. The molecule has 2 atom stereocenters. The van der Waals surface area contributed by atoms with E-state index >= 15 is 0 Å². The monoisotopic (exact) mass is 314 g/mol. The highest BCUT2D eigenvalue weighted by Gasteiger charge is 2.42. The molecule has 102 valence electrons. The van der Waals surface area contributed by atoms with Crippen molar-refractivity contribution in [1.82, 2.24) is 0 Å². The predicted molar refractivity (Wildman–Crippen MR) is 83.1 cm³/mol. The number of hydrogen-bond acceptors (Lipinski definition) is 6. The number of rotatable bonds is 2. The number of benzene rings is 1. The number of anilines is 1. The van der Waals surface area contributed by atoms with Crippen molar-refractivity contribution in [3.8, 4) is 0 Å². The van der Waals surface area contributed by atoms with E-state index in [0.717, 1.165) is 10.9 Å². The smallest absolute Gasteiger partial charge is 0.161 e. The highest BCUT2D eigenvalue weighted by Crippen LogP contribution is 2.34. The van der Waals surface area contributed by atoms with Gasteiger partial charge in [-0.25, -0.2) is 8.42 Å². The van der Waals surface area contributed by atoms with Crippen molar-refractivity contribution in [2.75, 3.05) is 23.1 Å². The maximum Gasteiger partial charge on any atom is 0.161 e. The molecule has 4 nitrogen and oxygen atoms in total. The summed E-state index contributed by atoms with van der Waals surface area (Å²) < 4.78 is 23.0. The number of fused-ring (bicyclic) bond motifs is 1. The summed E-state index contributed by atoms with van der Waals surface area (Å²) in [6.07, 6.45) is 2.04. The predicted octanol–water partition coefficient (Wildman–Crippen LogP) is 2.09. The Morgan fingerprint density at radius 3 is 3.00 bits per heavy atom. The fraction of sp³-hybridized carbons (Fsp3) is 0.417. The first-order valence-corrected chi connectivity index (χ1v) is 9.84. The first-order chi connectivity index (χ1) is 9.05. The summed E-state index contributed by atoms with van der Waals surface area (Å²) in [5.74, 6) is 0.447. The van der Waals surface area contributed by atoms with Gasteiger partial charge in [-0.05, 0) is 24.5 Å². The molecule has 2 heterocycles. The van der Waals surface area contributed by atoms with Gasteiger partial charge in [-0.15, -0.1) is 11.8 Å². The molecule has 1 aromatic carbocycles. The van der Waals surface area contributed by atoms with Crippen LogP contribution in [0.5, 0.6) is 0 Å². The highest BCUT2D eigenvalue weighted by atomic mass is 32.2. The van der Waals surface area contributed by atoms with Gasteiger partial charge < -0.3 is 5.32 Å². The normalized spacial score (nSPS) is 27.9. The highest BCUT2D eigenvalue weighted by molar-refractivity contribution is 8.15. The lowest BCUT2D eigenvalue weighted by atomic mass is 10.3. The molecule has 1 fully saturated rings. The van der Waals surface area contributed by atoms with Gasteiger partial charge in [-0.3, -0.25) is 4.99 Å². The van der Waals surface area contributed by atoms with Gasteiger partial charge in [0, 0.05) is 15.8 Å². The summed E-state index contributed by atoms with van der Waals surface area (Å²) in [6, 6.07) is 8.05. The van der Waals surface area contributed by atoms with E-state index in [1.165, 1.54) is 4.90 Å². The van der Waals surface area contributed by atoms with Crippen LogP contribution in [-0.2, 0) is 9.84 Å². The van der Waals surface area contributed by atoms with Crippen LogP contribution in [0.4, 0.5) is 5.69 Å². The molecule has 0 aromatic heterocycles.